The molecule has 7 nitrogen and oxygen atoms in total. The molecule has 1 unspecified atom stereocenters. The molecular formula is C16H13N3O4. The van der Waals surface area contributed by atoms with Crippen molar-refractivity contribution in [3.8, 4) is 0 Å². The summed E-state index contributed by atoms with van der Waals surface area (Å²) in [6.45, 7) is 1.39. The summed E-state index contributed by atoms with van der Waals surface area (Å²) in [5.74, 6) is -0.1000. The van der Waals surface area contributed by atoms with Crippen molar-refractivity contribution in [3.63, 3.8) is 0 Å². The number of hydrazone groups is 1. The number of hydrogen-bond acceptors (Lipinski definition) is 5. The van der Waals surface area contributed by atoms with Gasteiger partial charge in [0.1, 0.15) is 0 Å². The van der Waals surface area contributed by atoms with Crippen LogP contribution in [0.4, 0.5) is 5.69 Å². The normalized spacial score (nSPS) is 16.7. The fourth-order valence-electron chi connectivity index (χ4n) is 2.27. The molecule has 0 aliphatic carbocycles. The molecule has 0 radical (unpaired) electrons. The topological polar surface area (TPSA) is 85.0 Å². The predicted molar refractivity (Wildman–Crippen MR) is 82.4 cm³/mol. The Balaban J connectivity index is 1.96. The van der Waals surface area contributed by atoms with Crippen LogP contribution < -0.4 is 0 Å². The number of nitro benzene ring substituents is 1. The quantitative estimate of drug-likeness (QED) is 0.644. The monoisotopic (exact) mass is 311 g/mol. The Morgan fingerprint density at radius 3 is 2.61 bits per heavy atom. The second-order valence-corrected chi connectivity index (χ2v) is 4.96. The van der Waals surface area contributed by atoms with E-state index in [9.17, 15) is 14.9 Å². The number of carbonyl (C=O) groups is 1. The van der Waals surface area contributed by atoms with Gasteiger partial charge in [0, 0.05) is 30.2 Å². The van der Waals surface area contributed by atoms with E-state index in [-0.39, 0.29) is 17.5 Å². The van der Waals surface area contributed by atoms with Crippen molar-refractivity contribution in [2.75, 3.05) is 0 Å². The molecule has 0 bridgehead atoms. The molecular weight excluding hydrogens is 298 g/mol. The smallest absolute Gasteiger partial charge is 0.270 e. The fraction of sp³-hybridized carbons (Fsp3) is 0.125. The standard InChI is InChI=1S/C16H13N3O4/c1-11(20)18-16(12-6-3-2-4-7-12)23-15(17-18)13-8-5-9-14(10-13)19(21)22/h2-10,16H,1H3. The zero-order chi connectivity index (χ0) is 16.4. The molecule has 0 N–H and O–H groups in total. The molecule has 1 amide bonds. The number of rotatable bonds is 3. The minimum Gasteiger partial charge on any atom is -0.446 e. The first-order valence-corrected chi connectivity index (χ1v) is 6.91. The number of nitrogens with zero attached hydrogens (tertiary/aromatic N) is 3. The van der Waals surface area contributed by atoms with Crippen LogP contribution in [-0.2, 0) is 9.53 Å². The van der Waals surface area contributed by atoms with E-state index in [1.807, 2.05) is 30.3 Å². The molecule has 0 aromatic heterocycles. The van der Waals surface area contributed by atoms with Crippen LogP contribution in [0.2, 0.25) is 0 Å². The van der Waals surface area contributed by atoms with Gasteiger partial charge < -0.3 is 4.74 Å². The van der Waals surface area contributed by atoms with Gasteiger partial charge in [-0.05, 0) is 6.07 Å². The number of benzene rings is 2. The Morgan fingerprint density at radius 1 is 1.22 bits per heavy atom. The van der Waals surface area contributed by atoms with Gasteiger partial charge in [-0.2, -0.15) is 5.01 Å². The van der Waals surface area contributed by atoms with Crippen LogP contribution in [-0.4, -0.2) is 21.7 Å². The van der Waals surface area contributed by atoms with Gasteiger partial charge in [0.25, 0.3) is 5.69 Å². The largest absolute Gasteiger partial charge is 0.446 e. The minimum atomic E-state index is -0.678. The molecule has 0 spiro atoms. The number of ether oxygens (including phenoxy) is 1. The maximum atomic E-state index is 11.8. The Kier molecular flexibility index (Phi) is 3.76. The van der Waals surface area contributed by atoms with Crippen LogP contribution in [0.3, 0.4) is 0 Å². The predicted octanol–water partition coefficient (Wildman–Crippen LogP) is 2.83. The number of hydrogen-bond donors (Lipinski definition) is 0. The highest BCUT2D eigenvalue weighted by atomic mass is 16.6. The van der Waals surface area contributed by atoms with Crippen LogP contribution in [0.5, 0.6) is 0 Å². The lowest BCUT2D eigenvalue weighted by atomic mass is 10.2. The molecule has 2 aromatic rings. The van der Waals surface area contributed by atoms with Gasteiger partial charge in [-0.1, -0.05) is 36.4 Å². The van der Waals surface area contributed by atoms with Gasteiger partial charge in [0.05, 0.1) is 4.92 Å². The third-order valence-electron chi connectivity index (χ3n) is 3.36. The number of nitro groups is 1. The maximum Gasteiger partial charge on any atom is 0.270 e. The summed E-state index contributed by atoms with van der Waals surface area (Å²) in [6, 6.07) is 15.1. The lowest BCUT2D eigenvalue weighted by Gasteiger charge is -2.19. The molecule has 1 heterocycles. The first-order chi connectivity index (χ1) is 11.1. The van der Waals surface area contributed by atoms with Gasteiger partial charge >= 0.3 is 0 Å². The van der Waals surface area contributed by atoms with E-state index in [1.54, 1.807) is 12.1 Å². The van der Waals surface area contributed by atoms with Crippen molar-refractivity contribution in [1.82, 2.24) is 5.01 Å². The van der Waals surface area contributed by atoms with Crippen LogP contribution in [0.25, 0.3) is 0 Å². The molecule has 0 saturated heterocycles. The van der Waals surface area contributed by atoms with E-state index in [4.69, 9.17) is 4.74 Å². The lowest BCUT2D eigenvalue weighted by molar-refractivity contribution is -0.384. The van der Waals surface area contributed by atoms with Crippen molar-refractivity contribution in [3.05, 3.63) is 75.8 Å². The molecule has 0 saturated carbocycles. The Labute approximate surface area is 131 Å². The van der Waals surface area contributed by atoms with Crippen LogP contribution in [0.15, 0.2) is 59.7 Å². The second-order valence-electron chi connectivity index (χ2n) is 4.96. The molecule has 0 fully saturated rings. The summed E-state index contributed by atoms with van der Waals surface area (Å²) in [6.07, 6.45) is -0.678. The third-order valence-corrected chi connectivity index (χ3v) is 3.36. The van der Waals surface area contributed by atoms with Crippen LogP contribution in [0.1, 0.15) is 24.3 Å². The van der Waals surface area contributed by atoms with Crippen molar-refractivity contribution >= 4 is 17.5 Å². The van der Waals surface area contributed by atoms with Gasteiger partial charge in [-0.3, -0.25) is 14.9 Å². The average molecular weight is 311 g/mol. The highest BCUT2D eigenvalue weighted by molar-refractivity contribution is 5.96. The first kappa shape index (κ1) is 14.7. The van der Waals surface area contributed by atoms with E-state index in [0.29, 0.717) is 5.56 Å². The number of amides is 1. The van der Waals surface area contributed by atoms with E-state index >= 15 is 0 Å². The van der Waals surface area contributed by atoms with Crippen LogP contribution >= 0.6 is 0 Å². The van der Waals surface area contributed by atoms with Crippen LogP contribution in [0, 0.1) is 10.1 Å². The third kappa shape index (κ3) is 2.89. The molecule has 2 aromatic carbocycles. The number of non-ortho nitro benzene ring substituents is 1. The number of carbonyl (C=O) groups excluding carboxylic acids is 1. The SMILES string of the molecule is CC(=O)N1N=C(c2cccc([N+](=O)[O-])c2)OC1c1ccccc1. The molecule has 3 rings (SSSR count). The highest BCUT2D eigenvalue weighted by Crippen LogP contribution is 2.30. The van der Waals surface area contributed by atoms with E-state index in [2.05, 4.69) is 5.10 Å². The maximum absolute atomic E-state index is 11.8. The summed E-state index contributed by atoms with van der Waals surface area (Å²) in [7, 11) is 0. The van der Waals surface area contributed by atoms with Gasteiger partial charge in [-0.25, -0.2) is 0 Å². The molecule has 116 valence electrons. The summed E-state index contributed by atoms with van der Waals surface area (Å²) in [4.78, 5) is 22.2. The van der Waals surface area contributed by atoms with E-state index in [0.717, 1.165) is 5.56 Å². The molecule has 1 atom stereocenters. The summed E-state index contributed by atoms with van der Waals surface area (Å²) in [5, 5.41) is 16.3. The Hall–Kier alpha value is -3.22. The fourth-order valence-corrected chi connectivity index (χ4v) is 2.27. The van der Waals surface area contributed by atoms with Gasteiger partial charge in [0.2, 0.25) is 18.0 Å². The minimum absolute atomic E-state index is 0.0636. The van der Waals surface area contributed by atoms with Gasteiger partial charge in [-0.15, -0.1) is 5.10 Å². The highest BCUT2D eigenvalue weighted by Gasteiger charge is 2.33. The Bertz CT molecular complexity index is 789. The molecule has 1 aliphatic heterocycles. The van der Waals surface area contributed by atoms with Gasteiger partial charge in [0.15, 0.2) is 0 Å². The van der Waals surface area contributed by atoms with E-state index < -0.39 is 11.2 Å². The zero-order valence-electron chi connectivity index (χ0n) is 12.2. The molecule has 23 heavy (non-hydrogen) atoms. The summed E-state index contributed by atoms with van der Waals surface area (Å²) >= 11 is 0. The molecule has 1 aliphatic rings. The Morgan fingerprint density at radius 2 is 1.96 bits per heavy atom. The summed E-state index contributed by atoms with van der Waals surface area (Å²) < 4.78 is 5.77. The second kappa shape index (κ2) is 5.88. The summed E-state index contributed by atoms with van der Waals surface area (Å²) in [5.41, 5.74) is 1.15. The first-order valence-electron chi connectivity index (χ1n) is 6.91. The van der Waals surface area contributed by atoms with Crippen molar-refractivity contribution < 1.29 is 14.5 Å². The lowest BCUT2D eigenvalue weighted by Crippen LogP contribution is -2.25. The van der Waals surface area contributed by atoms with Crippen molar-refractivity contribution in [1.29, 1.82) is 0 Å². The zero-order valence-corrected chi connectivity index (χ0v) is 12.2. The van der Waals surface area contributed by atoms with Crippen molar-refractivity contribution in [2.45, 2.75) is 13.2 Å². The van der Waals surface area contributed by atoms with Crippen molar-refractivity contribution in [2.24, 2.45) is 5.10 Å². The average Bonchev–Trinajstić information content (AvgIpc) is 3.01. The molecule has 7 heteroatoms. The van der Waals surface area contributed by atoms with E-state index in [1.165, 1.54) is 24.1 Å².